The molecule has 0 aliphatic carbocycles. The number of carboxylic acid groups (broad SMARTS) is 1. The SMILES string of the molecule is CCn1cc(CC(CN)(C(=O)O)c2cccc(C)c2)cn1. The number of nitrogens with zero attached hydrogens (tertiary/aromatic N) is 2. The molecule has 0 bridgehead atoms. The highest BCUT2D eigenvalue weighted by Gasteiger charge is 2.39. The second kappa shape index (κ2) is 6.10. The van der Waals surface area contributed by atoms with Crippen molar-refractivity contribution in [2.45, 2.75) is 32.2 Å². The quantitative estimate of drug-likeness (QED) is 0.848. The van der Waals surface area contributed by atoms with Gasteiger partial charge in [-0.25, -0.2) is 0 Å². The van der Waals surface area contributed by atoms with Gasteiger partial charge in [0.25, 0.3) is 0 Å². The number of rotatable bonds is 6. The third-order valence-electron chi connectivity index (χ3n) is 3.85. The van der Waals surface area contributed by atoms with Crippen LogP contribution in [0.2, 0.25) is 0 Å². The molecule has 0 spiro atoms. The van der Waals surface area contributed by atoms with Crippen molar-refractivity contribution in [1.29, 1.82) is 0 Å². The van der Waals surface area contributed by atoms with Gasteiger partial charge in [0.15, 0.2) is 0 Å². The molecule has 1 aromatic heterocycles. The molecule has 3 N–H and O–H groups in total. The minimum atomic E-state index is -1.12. The fourth-order valence-corrected chi connectivity index (χ4v) is 2.54. The van der Waals surface area contributed by atoms with E-state index in [0.29, 0.717) is 6.42 Å². The van der Waals surface area contributed by atoms with Crippen LogP contribution in [0, 0.1) is 6.92 Å². The van der Waals surface area contributed by atoms with E-state index < -0.39 is 11.4 Å². The Bertz CT molecular complexity index is 636. The number of hydrogen-bond donors (Lipinski definition) is 2. The standard InChI is InChI=1S/C16H21N3O2/c1-3-19-10-13(9-18-19)8-16(11-17,15(20)21)14-6-4-5-12(2)7-14/h4-7,9-10H,3,8,11,17H2,1-2H3,(H,20,21). The van der Waals surface area contributed by atoms with Crippen LogP contribution in [0.4, 0.5) is 0 Å². The van der Waals surface area contributed by atoms with E-state index in [4.69, 9.17) is 5.73 Å². The van der Waals surface area contributed by atoms with Crippen LogP contribution in [0.3, 0.4) is 0 Å². The van der Waals surface area contributed by atoms with Crippen LogP contribution < -0.4 is 5.73 Å². The molecule has 112 valence electrons. The minimum Gasteiger partial charge on any atom is -0.481 e. The molecular weight excluding hydrogens is 266 g/mol. The summed E-state index contributed by atoms with van der Waals surface area (Å²) in [6.45, 7) is 4.74. The molecule has 5 heteroatoms. The zero-order valence-electron chi connectivity index (χ0n) is 12.4. The van der Waals surface area contributed by atoms with Crippen LogP contribution in [0.1, 0.15) is 23.6 Å². The summed E-state index contributed by atoms with van der Waals surface area (Å²) in [6, 6.07) is 7.54. The Balaban J connectivity index is 2.44. The second-order valence-corrected chi connectivity index (χ2v) is 5.34. The third kappa shape index (κ3) is 2.97. The number of nitrogens with two attached hydrogens (primary N) is 1. The van der Waals surface area contributed by atoms with Gasteiger partial charge in [0.2, 0.25) is 0 Å². The van der Waals surface area contributed by atoms with Crippen molar-refractivity contribution in [3.8, 4) is 0 Å². The summed E-state index contributed by atoms with van der Waals surface area (Å²) in [5.41, 5.74) is 7.39. The number of benzene rings is 1. The van der Waals surface area contributed by atoms with Crippen molar-refractivity contribution < 1.29 is 9.90 Å². The number of aryl methyl sites for hydroxylation is 2. The first-order valence-electron chi connectivity index (χ1n) is 7.04. The first kappa shape index (κ1) is 15.3. The van der Waals surface area contributed by atoms with Crippen LogP contribution >= 0.6 is 0 Å². The number of carbonyl (C=O) groups is 1. The predicted octanol–water partition coefficient (Wildman–Crippen LogP) is 1.74. The molecule has 0 amide bonds. The number of hydrogen-bond acceptors (Lipinski definition) is 3. The van der Waals surface area contributed by atoms with Crippen molar-refractivity contribution >= 4 is 5.97 Å². The summed E-state index contributed by atoms with van der Waals surface area (Å²) in [5.74, 6) is -0.903. The highest BCUT2D eigenvalue weighted by atomic mass is 16.4. The maximum atomic E-state index is 11.9. The molecule has 0 aliphatic heterocycles. The summed E-state index contributed by atoms with van der Waals surface area (Å²) in [7, 11) is 0. The monoisotopic (exact) mass is 287 g/mol. The molecule has 21 heavy (non-hydrogen) atoms. The Labute approximate surface area is 124 Å². The van der Waals surface area contributed by atoms with Gasteiger partial charge in [-0.3, -0.25) is 9.48 Å². The van der Waals surface area contributed by atoms with Crippen molar-refractivity contribution in [1.82, 2.24) is 9.78 Å². The minimum absolute atomic E-state index is 0.0447. The molecule has 2 aromatic rings. The van der Waals surface area contributed by atoms with Crippen LogP contribution in [-0.2, 0) is 23.2 Å². The van der Waals surface area contributed by atoms with Crippen LogP contribution in [-0.4, -0.2) is 27.4 Å². The average Bonchev–Trinajstić information content (AvgIpc) is 2.92. The Hall–Kier alpha value is -2.14. The van der Waals surface area contributed by atoms with Gasteiger partial charge in [-0.2, -0.15) is 5.10 Å². The summed E-state index contributed by atoms with van der Waals surface area (Å²) in [5, 5.41) is 14.0. The van der Waals surface area contributed by atoms with E-state index in [9.17, 15) is 9.90 Å². The topological polar surface area (TPSA) is 81.1 Å². The zero-order valence-corrected chi connectivity index (χ0v) is 12.4. The summed E-state index contributed by atoms with van der Waals surface area (Å²) in [4.78, 5) is 11.9. The van der Waals surface area contributed by atoms with Gasteiger partial charge in [0, 0.05) is 19.3 Å². The van der Waals surface area contributed by atoms with Crippen LogP contribution in [0.5, 0.6) is 0 Å². The van der Waals surface area contributed by atoms with Gasteiger partial charge in [0.05, 0.1) is 6.20 Å². The lowest BCUT2D eigenvalue weighted by Gasteiger charge is -2.28. The van der Waals surface area contributed by atoms with Crippen LogP contribution in [0.15, 0.2) is 36.7 Å². The van der Waals surface area contributed by atoms with Gasteiger partial charge in [0.1, 0.15) is 5.41 Å². The molecule has 0 saturated heterocycles. The molecule has 0 aliphatic rings. The summed E-state index contributed by atoms with van der Waals surface area (Å²) >= 11 is 0. The first-order valence-corrected chi connectivity index (χ1v) is 7.04. The Morgan fingerprint density at radius 3 is 2.76 bits per heavy atom. The molecule has 1 atom stereocenters. The van der Waals surface area contributed by atoms with E-state index in [1.54, 1.807) is 10.9 Å². The van der Waals surface area contributed by atoms with Crippen molar-refractivity contribution in [2.24, 2.45) is 5.73 Å². The molecule has 1 unspecified atom stereocenters. The van der Waals surface area contributed by atoms with Gasteiger partial charge in [-0.1, -0.05) is 29.8 Å². The van der Waals surface area contributed by atoms with E-state index in [-0.39, 0.29) is 6.54 Å². The molecule has 0 fully saturated rings. The number of aliphatic carboxylic acids is 1. The van der Waals surface area contributed by atoms with Crippen molar-refractivity contribution in [3.05, 3.63) is 53.3 Å². The van der Waals surface area contributed by atoms with E-state index in [1.165, 1.54) is 0 Å². The zero-order chi connectivity index (χ0) is 15.5. The Morgan fingerprint density at radius 1 is 1.48 bits per heavy atom. The highest BCUT2D eigenvalue weighted by molar-refractivity contribution is 5.82. The Kier molecular flexibility index (Phi) is 4.43. The maximum Gasteiger partial charge on any atom is 0.315 e. The van der Waals surface area contributed by atoms with E-state index >= 15 is 0 Å². The maximum absolute atomic E-state index is 11.9. The van der Waals surface area contributed by atoms with Crippen LogP contribution in [0.25, 0.3) is 0 Å². The lowest BCUT2D eigenvalue weighted by atomic mass is 9.75. The molecule has 5 nitrogen and oxygen atoms in total. The smallest absolute Gasteiger partial charge is 0.315 e. The average molecular weight is 287 g/mol. The summed E-state index contributed by atoms with van der Waals surface area (Å²) < 4.78 is 1.79. The fraction of sp³-hybridized carbons (Fsp3) is 0.375. The van der Waals surface area contributed by atoms with E-state index in [1.807, 2.05) is 44.3 Å². The van der Waals surface area contributed by atoms with Crippen molar-refractivity contribution in [2.75, 3.05) is 6.54 Å². The van der Waals surface area contributed by atoms with Gasteiger partial charge >= 0.3 is 5.97 Å². The summed E-state index contributed by atoms with van der Waals surface area (Å²) in [6.07, 6.45) is 3.93. The van der Waals surface area contributed by atoms with Crippen molar-refractivity contribution in [3.63, 3.8) is 0 Å². The normalized spacial score (nSPS) is 13.9. The largest absolute Gasteiger partial charge is 0.481 e. The lowest BCUT2D eigenvalue weighted by molar-refractivity contribution is -0.143. The molecule has 0 saturated carbocycles. The first-order chi connectivity index (χ1) is 10.0. The van der Waals surface area contributed by atoms with Gasteiger partial charge in [-0.05, 0) is 31.4 Å². The van der Waals surface area contributed by atoms with E-state index in [0.717, 1.165) is 23.2 Å². The molecular formula is C16H21N3O2. The predicted molar refractivity (Wildman–Crippen MR) is 81.2 cm³/mol. The lowest BCUT2D eigenvalue weighted by Crippen LogP contribution is -2.45. The molecule has 1 heterocycles. The van der Waals surface area contributed by atoms with E-state index in [2.05, 4.69) is 5.10 Å². The third-order valence-corrected chi connectivity index (χ3v) is 3.85. The van der Waals surface area contributed by atoms with Gasteiger partial charge in [-0.15, -0.1) is 0 Å². The number of aromatic nitrogens is 2. The van der Waals surface area contributed by atoms with Gasteiger partial charge < -0.3 is 10.8 Å². The Morgan fingerprint density at radius 2 is 2.24 bits per heavy atom. The number of carboxylic acids is 1. The fourth-order valence-electron chi connectivity index (χ4n) is 2.54. The molecule has 2 rings (SSSR count). The molecule has 0 radical (unpaired) electrons. The molecule has 1 aromatic carbocycles. The highest BCUT2D eigenvalue weighted by Crippen LogP contribution is 2.29. The second-order valence-electron chi connectivity index (χ2n) is 5.34.